The molecule has 1 heterocycles. The van der Waals surface area contributed by atoms with Crippen LogP contribution >= 0.6 is 0 Å². The molecular weight excluding hydrogens is 270 g/mol. The molecule has 2 aliphatic rings. The molecule has 0 radical (unpaired) electrons. The molecule has 120 valence electrons. The Morgan fingerprint density at radius 3 is 2.38 bits per heavy atom. The van der Waals surface area contributed by atoms with Crippen LogP contribution in [0, 0.1) is 5.41 Å². The molecule has 2 fully saturated rings. The quantitative estimate of drug-likeness (QED) is 0.744. The van der Waals surface area contributed by atoms with Gasteiger partial charge in [-0.3, -0.25) is 9.69 Å². The largest absolute Gasteiger partial charge is 0.481 e. The van der Waals surface area contributed by atoms with Gasteiger partial charge in [0, 0.05) is 39.3 Å². The highest BCUT2D eigenvalue weighted by molar-refractivity contribution is 5.74. The standard InChI is InChI=1S/C15H27N3O3/c1-2-4-15(5-6-15)12-16-14(21)18-10-8-17(9-11-18)7-3-13(19)20/h2-12H2,1H3,(H,16,21)(H,19,20). The van der Waals surface area contributed by atoms with Crippen LogP contribution in [0.4, 0.5) is 4.79 Å². The molecule has 21 heavy (non-hydrogen) atoms. The molecule has 1 aliphatic heterocycles. The zero-order valence-corrected chi connectivity index (χ0v) is 12.9. The molecule has 0 bridgehead atoms. The lowest BCUT2D eigenvalue weighted by molar-refractivity contribution is -0.137. The van der Waals surface area contributed by atoms with Gasteiger partial charge in [-0.2, -0.15) is 0 Å². The first-order valence-corrected chi connectivity index (χ1v) is 8.02. The minimum absolute atomic E-state index is 0.0373. The Labute approximate surface area is 126 Å². The van der Waals surface area contributed by atoms with E-state index in [9.17, 15) is 9.59 Å². The number of rotatable bonds is 7. The summed E-state index contributed by atoms with van der Waals surface area (Å²) in [6.45, 7) is 6.47. The van der Waals surface area contributed by atoms with E-state index in [2.05, 4.69) is 17.1 Å². The smallest absolute Gasteiger partial charge is 0.317 e. The van der Waals surface area contributed by atoms with E-state index in [1.165, 1.54) is 25.7 Å². The second-order valence-electron chi connectivity index (χ2n) is 6.38. The predicted molar refractivity (Wildman–Crippen MR) is 80.2 cm³/mol. The fraction of sp³-hybridized carbons (Fsp3) is 0.867. The molecule has 0 unspecified atom stereocenters. The summed E-state index contributed by atoms with van der Waals surface area (Å²) in [5.74, 6) is -0.763. The van der Waals surface area contributed by atoms with Gasteiger partial charge >= 0.3 is 12.0 Å². The Hall–Kier alpha value is -1.30. The van der Waals surface area contributed by atoms with Crippen LogP contribution in [0.5, 0.6) is 0 Å². The average Bonchev–Trinajstić information content (AvgIpc) is 3.24. The summed E-state index contributed by atoms with van der Waals surface area (Å²) in [7, 11) is 0. The summed E-state index contributed by atoms with van der Waals surface area (Å²) < 4.78 is 0. The Morgan fingerprint density at radius 1 is 1.19 bits per heavy atom. The molecule has 1 saturated heterocycles. The minimum atomic E-state index is -0.763. The first kappa shape index (κ1) is 16.1. The third-order valence-corrected chi connectivity index (χ3v) is 4.65. The van der Waals surface area contributed by atoms with E-state index in [0.29, 0.717) is 25.0 Å². The van der Waals surface area contributed by atoms with Crippen LogP contribution in [0.2, 0.25) is 0 Å². The van der Waals surface area contributed by atoms with Gasteiger partial charge in [-0.25, -0.2) is 4.79 Å². The maximum Gasteiger partial charge on any atom is 0.317 e. The molecule has 6 heteroatoms. The first-order valence-electron chi connectivity index (χ1n) is 8.02. The number of amides is 2. The molecule has 0 atom stereocenters. The van der Waals surface area contributed by atoms with E-state index in [1.54, 1.807) is 0 Å². The highest BCUT2D eigenvalue weighted by Gasteiger charge is 2.41. The lowest BCUT2D eigenvalue weighted by atomic mass is 10.0. The number of carbonyl (C=O) groups is 2. The van der Waals surface area contributed by atoms with Gasteiger partial charge in [0.15, 0.2) is 0 Å². The Balaban J connectivity index is 1.65. The Kier molecular flexibility index (Phi) is 5.45. The average molecular weight is 297 g/mol. The number of aliphatic carboxylic acids is 1. The summed E-state index contributed by atoms with van der Waals surface area (Å²) in [5, 5.41) is 11.8. The number of nitrogens with one attached hydrogen (secondary N) is 1. The van der Waals surface area contributed by atoms with Crippen LogP contribution in [0.25, 0.3) is 0 Å². The maximum atomic E-state index is 12.2. The van der Waals surface area contributed by atoms with Gasteiger partial charge in [0.25, 0.3) is 0 Å². The van der Waals surface area contributed by atoms with Crippen molar-refractivity contribution in [1.29, 1.82) is 0 Å². The van der Waals surface area contributed by atoms with Crippen LogP contribution in [0.15, 0.2) is 0 Å². The van der Waals surface area contributed by atoms with Crippen molar-refractivity contribution < 1.29 is 14.7 Å². The fourth-order valence-electron chi connectivity index (χ4n) is 3.03. The molecule has 0 aromatic heterocycles. The SMILES string of the molecule is CCCC1(CNC(=O)N2CCN(CCC(=O)O)CC2)CC1. The van der Waals surface area contributed by atoms with Gasteiger partial charge in [0.05, 0.1) is 6.42 Å². The molecule has 1 saturated carbocycles. The number of nitrogens with zero attached hydrogens (tertiary/aromatic N) is 2. The summed E-state index contributed by atoms with van der Waals surface area (Å²) in [5.41, 5.74) is 0.383. The van der Waals surface area contributed by atoms with E-state index < -0.39 is 5.97 Å². The van der Waals surface area contributed by atoms with Crippen molar-refractivity contribution in [2.45, 2.75) is 39.0 Å². The molecule has 1 aliphatic carbocycles. The second-order valence-corrected chi connectivity index (χ2v) is 6.38. The van der Waals surface area contributed by atoms with Crippen LogP contribution < -0.4 is 5.32 Å². The van der Waals surface area contributed by atoms with Gasteiger partial charge in [-0.15, -0.1) is 0 Å². The summed E-state index contributed by atoms with van der Waals surface area (Å²) in [4.78, 5) is 26.7. The molecule has 6 nitrogen and oxygen atoms in total. The number of carbonyl (C=O) groups excluding carboxylic acids is 1. The maximum absolute atomic E-state index is 12.2. The highest BCUT2D eigenvalue weighted by Crippen LogP contribution is 2.48. The van der Waals surface area contributed by atoms with Gasteiger partial charge in [-0.05, 0) is 24.7 Å². The van der Waals surface area contributed by atoms with E-state index in [-0.39, 0.29) is 12.5 Å². The molecule has 0 spiro atoms. The minimum Gasteiger partial charge on any atom is -0.481 e. The van der Waals surface area contributed by atoms with E-state index in [1.807, 2.05) is 4.90 Å². The zero-order valence-electron chi connectivity index (χ0n) is 12.9. The second kappa shape index (κ2) is 7.11. The lowest BCUT2D eigenvalue weighted by Gasteiger charge is -2.34. The number of urea groups is 1. The molecular formula is C15H27N3O3. The van der Waals surface area contributed by atoms with Gasteiger partial charge in [-0.1, -0.05) is 13.3 Å². The first-order chi connectivity index (χ1) is 10.0. The lowest BCUT2D eigenvalue weighted by Crippen LogP contribution is -2.52. The third kappa shape index (κ3) is 4.88. The van der Waals surface area contributed by atoms with Crippen molar-refractivity contribution in [3.05, 3.63) is 0 Å². The van der Waals surface area contributed by atoms with Crippen LogP contribution in [0.1, 0.15) is 39.0 Å². The van der Waals surface area contributed by atoms with Crippen LogP contribution in [-0.4, -0.2) is 66.2 Å². The molecule has 0 aromatic carbocycles. The molecule has 0 aromatic rings. The molecule has 2 rings (SSSR count). The summed E-state index contributed by atoms with van der Waals surface area (Å²) >= 11 is 0. The number of hydrogen-bond donors (Lipinski definition) is 2. The van der Waals surface area contributed by atoms with Crippen molar-refractivity contribution in [2.75, 3.05) is 39.3 Å². The number of carboxylic acid groups (broad SMARTS) is 1. The van der Waals surface area contributed by atoms with Crippen molar-refractivity contribution in [1.82, 2.24) is 15.1 Å². The third-order valence-electron chi connectivity index (χ3n) is 4.65. The van der Waals surface area contributed by atoms with Gasteiger partial charge < -0.3 is 15.3 Å². The van der Waals surface area contributed by atoms with E-state index >= 15 is 0 Å². The van der Waals surface area contributed by atoms with Crippen molar-refractivity contribution in [3.63, 3.8) is 0 Å². The number of piperazine rings is 1. The molecule has 2 amide bonds. The zero-order chi connectivity index (χ0) is 15.3. The highest BCUT2D eigenvalue weighted by atomic mass is 16.4. The van der Waals surface area contributed by atoms with E-state index in [0.717, 1.165) is 19.6 Å². The van der Waals surface area contributed by atoms with Crippen LogP contribution in [-0.2, 0) is 4.79 Å². The van der Waals surface area contributed by atoms with Gasteiger partial charge in [0.2, 0.25) is 0 Å². The monoisotopic (exact) mass is 297 g/mol. The predicted octanol–water partition coefficient (Wildman–Crippen LogP) is 1.37. The Morgan fingerprint density at radius 2 is 1.86 bits per heavy atom. The van der Waals surface area contributed by atoms with Crippen molar-refractivity contribution in [2.24, 2.45) is 5.41 Å². The van der Waals surface area contributed by atoms with Crippen molar-refractivity contribution in [3.8, 4) is 0 Å². The summed E-state index contributed by atoms with van der Waals surface area (Å²) in [6.07, 6.45) is 5.04. The normalized spacial score (nSPS) is 21.1. The number of hydrogen-bond acceptors (Lipinski definition) is 3. The van der Waals surface area contributed by atoms with Gasteiger partial charge in [0.1, 0.15) is 0 Å². The summed E-state index contributed by atoms with van der Waals surface area (Å²) in [6, 6.07) is 0.0373. The number of carboxylic acids is 1. The molecule has 2 N–H and O–H groups in total. The topological polar surface area (TPSA) is 72.9 Å². The van der Waals surface area contributed by atoms with E-state index in [4.69, 9.17) is 5.11 Å². The van der Waals surface area contributed by atoms with Crippen molar-refractivity contribution >= 4 is 12.0 Å². The van der Waals surface area contributed by atoms with Crippen LogP contribution in [0.3, 0.4) is 0 Å². The fourth-order valence-corrected chi connectivity index (χ4v) is 3.03. The Bertz CT molecular complexity index is 374.